The van der Waals surface area contributed by atoms with Crippen molar-refractivity contribution in [2.24, 2.45) is 16.7 Å². The molecule has 0 N–H and O–H groups in total. The number of hydrogen-bond acceptors (Lipinski definition) is 2. The summed E-state index contributed by atoms with van der Waals surface area (Å²) in [6.45, 7) is 14.8. The molecule has 2 heteroatoms. The average molecular weight is 268 g/mol. The molecule has 19 heavy (non-hydrogen) atoms. The van der Waals surface area contributed by atoms with Crippen molar-refractivity contribution in [3.05, 3.63) is 0 Å². The van der Waals surface area contributed by atoms with Crippen LogP contribution in [-0.2, 0) is 9.47 Å². The minimum absolute atomic E-state index is 0.318. The second-order valence-electron chi connectivity index (χ2n) is 8.45. The molecule has 2 saturated heterocycles. The van der Waals surface area contributed by atoms with Crippen LogP contribution in [-0.4, -0.2) is 24.9 Å². The minimum Gasteiger partial charge on any atom is -0.378 e. The first-order chi connectivity index (χ1) is 8.69. The third kappa shape index (κ3) is 3.95. The molecule has 0 aliphatic carbocycles. The lowest BCUT2D eigenvalue weighted by atomic mass is 9.73. The molecule has 4 atom stereocenters. The standard InChI is InChI=1S/C17H32O2/c1-12(2)15-10-16(4,5)8-14(19-15)9-17(6)7-13(3)18-11-17/h12-15H,7-11H2,1-6H3/t13-,14?,15+,17?/m0/s1. The van der Waals surface area contributed by atoms with Crippen LogP contribution in [0.25, 0.3) is 0 Å². The van der Waals surface area contributed by atoms with E-state index in [0.29, 0.717) is 35.1 Å². The van der Waals surface area contributed by atoms with Crippen LogP contribution in [0.3, 0.4) is 0 Å². The van der Waals surface area contributed by atoms with Gasteiger partial charge in [0.1, 0.15) is 0 Å². The fraction of sp³-hybridized carbons (Fsp3) is 1.00. The summed E-state index contributed by atoms with van der Waals surface area (Å²) < 4.78 is 12.2. The van der Waals surface area contributed by atoms with Gasteiger partial charge in [-0.1, -0.05) is 34.6 Å². The van der Waals surface area contributed by atoms with Gasteiger partial charge in [-0.25, -0.2) is 0 Å². The summed E-state index contributed by atoms with van der Waals surface area (Å²) >= 11 is 0. The van der Waals surface area contributed by atoms with Gasteiger partial charge in [0.05, 0.1) is 24.9 Å². The molecule has 0 aromatic rings. The molecular weight excluding hydrogens is 236 g/mol. The highest BCUT2D eigenvalue weighted by atomic mass is 16.5. The summed E-state index contributed by atoms with van der Waals surface area (Å²) in [5, 5.41) is 0. The molecule has 0 saturated carbocycles. The monoisotopic (exact) mass is 268 g/mol. The Kier molecular flexibility index (Phi) is 4.32. The van der Waals surface area contributed by atoms with E-state index in [1.165, 1.54) is 19.3 Å². The predicted molar refractivity (Wildman–Crippen MR) is 79.3 cm³/mol. The van der Waals surface area contributed by atoms with Gasteiger partial charge in [0.2, 0.25) is 0 Å². The Morgan fingerprint density at radius 1 is 1.11 bits per heavy atom. The van der Waals surface area contributed by atoms with Crippen LogP contribution in [0, 0.1) is 16.7 Å². The van der Waals surface area contributed by atoms with E-state index >= 15 is 0 Å². The molecule has 0 amide bonds. The fourth-order valence-electron chi connectivity index (χ4n) is 3.95. The van der Waals surface area contributed by atoms with E-state index in [1.54, 1.807) is 0 Å². The lowest BCUT2D eigenvalue weighted by Crippen LogP contribution is -2.42. The molecular formula is C17H32O2. The summed E-state index contributed by atoms with van der Waals surface area (Å²) in [5.41, 5.74) is 0.734. The predicted octanol–water partition coefficient (Wildman–Crippen LogP) is 4.42. The van der Waals surface area contributed by atoms with Crippen LogP contribution in [0.1, 0.15) is 67.2 Å². The van der Waals surface area contributed by atoms with Gasteiger partial charge in [-0.15, -0.1) is 0 Å². The largest absolute Gasteiger partial charge is 0.378 e. The van der Waals surface area contributed by atoms with Crippen LogP contribution in [0.5, 0.6) is 0 Å². The first kappa shape index (κ1) is 15.3. The Balaban J connectivity index is 1.99. The van der Waals surface area contributed by atoms with Crippen molar-refractivity contribution in [1.82, 2.24) is 0 Å². The summed E-state index contributed by atoms with van der Waals surface area (Å²) in [4.78, 5) is 0. The van der Waals surface area contributed by atoms with Crippen LogP contribution in [0.2, 0.25) is 0 Å². The van der Waals surface area contributed by atoms with Gasteiger partial charge in [-0.3, -0.25) is 0 Å². The van der Waals surface area contributed by atoms with Crippen molar-refractivity contribution in [2.75, 3.05) is 6.61 Å². The maximum Gasteiger partial charge on any atom is 0.0606 e. The van der Waals surface area contributed by atoms with Crippen molar-refractivity contribution >= 4 is 0 Å². The van der Waals surface area contributed by atoms with Gasteiger partial charge in [0.15, 0.2) is 0 Å². The molecule has 0 aromatic heterocycles. The summed E-state index contributed by atoms with van der Waals surface area (Å²) in [6.07, 6.45) is 5.99. The van der Waals surface area contributed by atoms with Crippen LogP contribution >= 0.6 is 0 Å². The van der Waals surface area contributed by atoms with Crippen molar-refractivity contribution in [1.29, 1.82) is 0 Å². The van der Waals surface area contributed by atoms with Gasteiger partial charge in [0.25, 0.3) is 0 Å². The fourth-order valence-corrected chi connectivity index (χ4v) is 3.95. The van der Waals surface area contributed by atoms with E-state index in [1.807, 2.05) is 0 Å². The molecule has 2 unspecified atom stereocenters. The highest BCUT2D eigenvalue weighted by molar-refractivity contribution is 4.91. The smallest absolute Gasteiger partial charge is 0.0606 e. The molecule has 0 spiro atoms. The van der Waals surface area contributed by atoms with Crippen molar-refractivity contribution in [2.45, 2.75) is 85.5 Å². The normalized spacial score (nSPS) is 42.8. The minimum atomic E-state index is 0.318. The van der Waals surface area contributed by atoms with E-state index in [0.717, 1.165) is 13.0 Å². The topological polar surface area (TPSA) is 18.5 Å². The molecule has 112 valence electrons. The highest BCUT2D eigenvalue weighted by Crippen LogP contribution is 2.44. The summed E-state index contributed by atoms with van der Waals surface area (Å²) in [5.74, 6) is 0.619. The summed E-state index contributed by atoms with van der Waals surface area (Å²) in [7, 11) is 0. The van der Waals surface area contributed by atoms with Gasteiger partial charge >= 0.3 is 0 Å². The Hall–Kier alpha value is -0.0800. The van der Waals surface area contributed by atoms with Crippen molar-refractivity contribution in [3.8, 4) is 0 Å². The Morgan fingerprint density at radius 2 is 1.79 bits per heavy atom. The second-order valence-corrected chi connectivity index (χ2v) is 8.45. The van der Waals surface area contributed by atoms with E-state index in [4.69, 9.17) is 9.47 Å². The Bertz CT molecular complexity index is 310. The van der Waals surface area contributed by atoms with Gasteiger partial charge in [-0.2, -0.15) is 0 Å². The molecule has 0 radical (unpaired) electrons. The average Bonchev–Trinajstić information content (AvgIpc) is 2.55. The van der Waals surface area contributed by atoms with Crippen molar-refractivity contribution < 1.29 is 9.47 Å². The number of ether oxygens (including phenoxy) is 2. The van der Waals surface area contributed by atoms with E-state index in [-0.39, 0.29) is 0 Å². The number of hydrogen-bond donors (Lipinski definition) is 0. The van der Waals surface area contributed by atoms with E-state index in [2.05, 4.69) is 41.5 Å². The van der Waals surface area contributed by atoms with E-state index < -0.39 is 0 Å². The van der Waals surface area contributed by atoms with Crippen LogP contribution in [0.4, 0.5) is 0 Å². The maximum absolute atomic E-state index is 6.39. The van der Waals surface area contributed by atoms with Crippen molar-refractivity contribution in [3.63, 3.8) is 0 Å². The molecule has 2 aliphatic heterocycles. The van der Waals surface area contributed by atoms with Gasteiger partial charge in [-0.05, 0) is 49.4 Å². The molecule has 0 aromatic carbocycles. The second kappa shape index (κ2) is 5.37. The quantitative estimate of drug-likeness (QED) is 0.754. The first-order valence-electron chi connectivity index (χ1n) is 7.96. The third-order valence-electron chi connectivity index (χ3n) is 4.86. The molecule has 0 bridgehead atoms. The summed E-state index contributed by atoms with van der Waals surface area (Å²) in [6, 6.07) is 0. The lowest BCUT2D eigenvalue weighted by Gasteiger charge is -2.44. The molecule has 2 rings (SSSR count). The SMILES string of the molecule is CC(C)[C@H]1CC(C)(C)CC(CC2(C)CO[C@@H](C)C2)O1. The van der Waals surface area contributed by atoms with E-state index in [9.17, 15) is 0 Å². The van der Waals surface area contributed by atoms with Crippen LogP contribution < -0.4 is 0 Å². The molecule has 2 nitrogen and oxygen atoms in total. The Labute approximate surface area is 119 Å². The van der Waals surface area contributed by atoms with Gasteiger partial charge in [0, 0.05) is 0 Å². The highest BCUT2D eigenvalue weighted by Gasteiger charge is 2.41. The zero-order valence-electron chi connectivity index (χ0n) is 13.7. The zero-order valence-corrected chi connectivity index (χ0v) is 13.7. The number of rotatable bonds is 3. The Morgan fingerprint density at radius 3 is 2.32 bits per heavy atom. The van der Waals surface area contributed by atoms with Gasteiger partial charge < -0.3 is 9.47 Å². The molecule has 2 aliphatic rings. The first-order valence-corrected chi connectivity index (χ1v) is 7.96. The lowest BCUT2D eigenvalue weighted by molar-refractivity contribution is -0.125. The third-order valence-corrected chi connectivity index (χ3v) is 4.86. The zero-order chi connectivity index (χ0) is 14.3. The molecule has 2 heterocycles. The maximum atomic E-state index is 6.39. The molecule has 2 fully saturated rings. The van der Waals surface area contributed by atoms with Crippen LogP contribution in [0.15, 0.2) is 0 Å².